The van der Waals surface area contributed by atoms with Gasteiger partial charge in [0.25, 0.3) is 0 Å². The summed E-state index contributed by atoms with van der Waals surface area (Å²) in [6.07, 6.45) is 1.55. The van der Waals surface area contributed by atoms with Crippen molar-refractivity contribution in [2.45, 2.75) is 43.2 Å². The molecule has 100 valence electrons. The van der Waals surface area contributed by atoms with E-state index in [2.05, 4.69) is 13.8 Å². The van der Waals surface area contributed by atoms with E-state index in [1.54, 1.807) is 7.11 Å². The van der Waals surface area contributed by atoms with Crippen molar-refractivity contribution in [1.29, 1.82) is 0 Å². The van der Waals surface area contributed by atoms with E-state index in [4.69, 9.17) is 10.5 Å². The number of methoxy groups -OCH3 is 1. The zero-order valence-corrected chi connectivity index (χ0v) is 11.8. The maximum absolute atomic E-state index is 12.1. The Balaban J connectivity index is 2.39. The van der Waals surface area contributed by atoms with Gasteiger partial charge in [-0.3, -0.25) is 4.79 Å². The first-order valence-corrected chi connectivity index (χ1v) is 7.17. The standard InChI is InChI=1S/C12H24N2O2S/c1-9-7-14(8-10(2)17-9)12(15)11(13)5-4-6-16-3/h9-11H,4-8,13H2,1-3H3. The number of ether oxygens (including phenoxy) is 1. The second kappa shape index (κ2) is 7.24. The minimum Gasteiger partial charge on any atom is -0.385 e. The van der Waals surface area contributed by atoms with Crippen molar-refractivity contribution < 1.29 is 9.53 Å². The molecule has 0 bridgehead atoms. The van der Waals surface area contributed by atoms with E-state index in [0.717, 1.165) is 19.5 Å². The Kier molecular flexibility index (Phi) is 6.30. The molecular weight excluding hydrogens is 236 g/mol. The number of nitrogens with zero attached hydrogens (tertiary/aromatic N) is 1. The first kappa shape index (κ1) is 14.8. The van der Waals surface area contributed by atoms with Gasteiger partial charge >= 0.3 is 0 Å². The molecular formula is C12H24N2O2S. The highest BCUT2D eigenvalue weighted by Gasteiger charge is 2.28. The Morgan fingerprint density at radius 2 is 2.06 bits per heavy atom. The fraction of sp³-hybridized carbons (Fsp3) is 0.917. The van der Waals surface area contributed by atoms with Gasteiger partial charge in [0.15, 0.2) is 0 Å². The van der Waals surface area contributed by atoms with Gasteiger partial charge in [-0.15, -0.1) is 0 Å². The van der Waals surface area contributed by atoms with Gasteiger partial charge < -0.3 is 15.4 Å². The van der Waals surface area contributed by atoms with E-state index in [1.807, 2.05) is 16.7 Å². The highest BCUT2D eigenvalue weighted by Crippen LogP contribution is 2.25. The Hall–Kier alpha value is -0.260. The van der Waals surface area contributed by atoms with Crippen LogP contribution in [0, 0.1) is 0 Å². The number of carbonyl (C=O) groups is 1. The fourth-order valence-electron chi connectivity index (χ4n) is 2.16. The molecule has 4 nitrogen and oxygen atoms in total. The van der Waals surface area contributed by atoms with E-state index in [9.17, 15) is 4.79 Å². The summed E-state index contributed by atoms with van der Waals surface area (Å²) in [6.45, 7) is 6.65. The number of hydrogen-bond donors (Lipinski definition) is 1. The first-order valence-electron chi connectivity index (χ1n) is 6.23. The summed E-state index contributed by atoms with van der Waals surface area (Å²) in [6, 6.07) is -0.368. The molecule has 0 spiro atoms. The molecule has 0 radical (unpaired) electrons. The lowest BCUT2D eigenvalue weighted by Gasteiger charge is -2.36. The molecule has 1 amide bonds. The van der Waals surface area contributed by atoms with E-state index in [0.29, 0.717) is 23.5 Å². The van der Waals surface area contributed by atoms with Crippen molar-refractivity contribution in [1.82, 2.24) is 4.90 Å². The predicted molar refractivity (Wildman–Crippen MR) is 72.2 cm³/mol. The van der Waals surface area contributed by atoms with Crippen molar-refractivity contribution in [3.8, 4) is 0 Å². The number of carbonyl (C=O) groups excluding carboxylic acids is 1. The minimum atomic E-state index is -0.368. The second-order valence-electron chi connectivity index (χ2n) is 4.74. The normalized spacial score (nSPS) is 26.9. The Labute approximate surface area is 108 Å². The zero-order valence-electron chi connectivity index (χ0n) is 11.0. The number of rotatable bonds is 5. The monoisotopic (exact) mass is 260 g/mol. The van der Waals surface area contributed by atoms with Crippen molar-refractivity contribution in [3.05, 3.63) is 0 Å². The van der Waals surface area contributed by atoms with Crippen molar-refractivity contribution in [3.63, 3.8) is 0 Å². The summed E-state index contributed by atoms with van der Waals surface area (Å²) < 4.78 is 4.97. The van der Waals surface area contributed by atoms with Crippen LogP contribution in [0.5, 0.6) is 0 Å². The van der Waals surface area contributed by atoms with Gasteiger partial charge in [-0.25, -0.2) is 0 Å². The molecule has 2 N–H and O–H groups in total. The van der Waals surface area contributed by atoms with Crippen molar-refractivity contribution in [2.75, 3.05) is 26.8 Å². The average molecular weight is 260 g/mol. The van der Waals surface area contributed by atoms with Crippen LogP contribution in [-0.4, -0.2) is 54.2 Å². The summed E-state index contributed by atoms with van der Waals surface area (Å²) in [5.41, 5.74) is 5.93. The van der Waals surface area contributed by atoms with Crippen LogP contribution in [0.4, 0.5) is 0 Å². The van der Waals surface area contributed by atoms with Crippen LogP contribution in [0.2, 0.25) is 0 Å². The largest absolute Gasteiger partial charge is 0.385 e. The topological polar surface area (TPSA) is 55.6 Å². The summed E-state index contributed by atoms with van der Waals surface area (Å²) in [5.74, 6) is 0.0973. The lowest BCUT2D eigenvalue weighted by atomic mass is 10.1. The van der Waals surface area contributed by atoms with Gasteiger partial charge in [-0.05, 0) is 12.8 Å². The van der Waals surface area contributed by atoms with Crippen molar-refractivity contribution in [2.24, 2.45) is 5.73 Å². The Morgan fingerprint density at radius 1 is 1.47 bits per heavy atom. The van der Waals surface area contributed by atoms with Crippen LogP contribution in [0.3, 0.4) is 0 Å². The van der Waals surface area contributed by atoms with Gasteiger partial charge in [0, 0.05) is 37.3 Å². The predicted octanol–water partition coefficient (Wildman–Crippen LogP) is 1.09. The number of nitrogens with two attached hydrogens (primary N) is 1. The van der Waals surface area contributed by atoms with Gasteiger partial charge in [0.05, 0.1) is 6.04 Å². The van der Waals surface area contributed by atoms with Crippen LogP contribution in [0.1, 0.15) is 26.7 Å². The van der Waals surface area contributed by atoms with Crippen LogP contribution < -0.4 is 5.73 Å². The molecule has 17 heavy (non-hydrogen) atoms. The summed E-state index contributed by atoms with van der Waals surface area (Å²) >= 11 is 1.94. The molecule has 1 aliphatic rings. The SMILES string of the molecule is COCCCC(N)C(=O)N1CC(C)SC(C)C1. The van der Waals surface area contributed by atoms with Crippen molar-refractivity contribution >= 4 is 17.7 Å². The third kappa shape index (κ3) is 4.85. The smallest absolute Gasteiger partial charge is 0.239 e. The Morgan fingerprint density at radius 3 is 2.59 bits per heavy atom. The molecule has 0 aromatic heterocycles. The van der Waals surface area contributed by atoms with Crippen LogP contribution >= 0.6 is 11.8 Å². The molecule has 1 saturated heterocycles. The summed E-state index contributed by atoms with van der Waals surface area (Å²) in [5, 5.41) is 1.02. The first-order chi connectivity index (χ1) is 8.04. The summed E-state index contributed by atoms with van der Waals surface area (Å²) in [7, 11) is 1.67. The molecule has 0 aromatic carbocycles. The van der Waals surface area contributed by atoms with Gasteiger partial charge in [-0.2, -0.15) is 11.8 Å². The summed E-state index contributed by atoms with van der Waals surface area (Å²) in [4.78, 5) is 14.1. The molecule has 1 aliphatic heterocycles. The lowest BCUT2D eigenvalue weighted by Crippen LogP contribution is -2.50. The third-order valence-corrected chi connectivity index (χ3v) is 4.14. The molecule has 0 aromatic rings. The molecule has 0 aliphatic carbocycles. The molecule has 3 unspecified atom stereocenters. The van der Waals surface area contributed by atoms with E-state index < -0.39 is 0 Å². The molecule has 3 atom stereocenters. The number of thioether (sulfide) groups is 1. The zero-order chi connectivity index (χ0) is 12.8. The molecule has 5 heteroatoms. The molecule has 0 saturated carbocycles. The van der Waals surface area contributed by atoms with E-state index >= 15 is 0 Å². The molecule has 1 rings (SSSR count). The van der Waals surface area contributed by atoms with Gasteiger partial charge in [-0.1, -0.05) is 13.8 Å². The molecule has 1 fully saturated rings. The van der Waals surface area contributed by atoms with E-state index in [1.165, 1.54) is 0 Å². The van der Waals surface area contributed by atoms with Gasteiger partial charge in [0.1, 0.15) is 0 Å². The quantitative estimate of drug-likeness (QED) is 0.752. The fourth-order valence-corrected chi connectivity index (χ4v) is 3.49. The maximum Gasteiger partial charge on any atom is 0.239 e. The highest BCUT2D eigenvalue weighted by atomic mass is 32.2. The molecule has 1 heterocycles. The maximum atomic E-state index is 12.1. The van der Waals surface area contributed by atoms with Crippen LogP contribution in [0.15, 0.2) is 0 Å². The average Bonchev–Trinajstić information content (AvgIpc) is 2.27. The minimum absolute atomic E-state index is 0.0973. The van der Waals surface area contributed by atoms with Gasteiger partial charge in [0.2, 0.25) is 5.91 Å². The number of amides is 1. The number of hydrogen-bond acceptors (Lipinski definition) is 4. The van der Waals surface area contributed by atoms with E-state index in [-0.39, 0.29) is 11.9 Å². The van der Waals surface area contributed by atoms with Crippen LogP contribution in [-0.2, 0) is 9.53 Å². The van der Waals surface area contributed by atoms with Crippen LogP contribution in [0.25, 0.3) is 0 Å². The highest BCUT2D eigenvalue weighted by molar-refractivity contribution is 8.00. The lowest BCUT2D eigenvalue weighted by molar-refractivity contribution is -0.133. The second-order valence-corrected chi connectivity index (χ2v) is 6.62. The Bertz CT molecular complexity index is 241. The third-order valence-electron chi connectivity index (χ3n) is 2.91.